The zero-order chi connectivity index (χ0) is 10.6. The van der Waals surface area contributed by atoms with Crippen molar-refractivity contribution in [1.82, 2.24) is 5.43 Å². The van der Waals surface area contributed by atoms with E-state index in [9.17, 15) is 4.79 Å². The van der Waals surface area contributed by atoms with Gasteiger partial charge in [-0.25, -0.2) is 4.59 Å². The summed E-state index contributed by atoms with van der Waals surface area (Å²) in [4.78, 5) is 11.2. The maximum Gasteiger partial charge on any atom is 0.311 e. The van der Waals surface area contributed by atoms with Gasteiger partial charge in [-0.2, -0.15) is 5.43 Å². The Bertz CT molecular complexity index is 210. The van der Waals surface area contributed by atoms with Gasteiger partial charge in [-0.05, 0) is 0 Å². The Morgan fingerprint density at radius 1 is 1.71 bits per heavy atom. The van der Waals surface area contributed by atoms with Crippen molar-refractivity contribution in [2.75, 3.05) is 41.0 Å². The minimum Gasteiger partial charge on any atom is -0.469 e. The van der Waals surface area contributed by atoms with Crippen LogP contribution in [0.15, 0.2) is 0 Å². The zero-order valence-corrected chi connectivity index (χ0v) is 9.08. The number of methoxy groups -OCH3 is 1. The van der Waals surface area contributed by atoms with Crippen LogP contribution >= 0.6 is 0 Å². The van der Waals surface area contributed by atoms with Crippen LogP contribution in [0.3, 0.4) is 0 Å². The number of morpholine rings is 1. The minimum absolute atomic E-state index is 0.140. The van der Waals surface area contributed by atoms with Crippen molar-refractivity contribution in [1.29, 1.82) is 0 Å². The molecule has 0 aromatic carbocycles. The number of carbonyl (C=O) groups is 1. The highest BCUT2D eigenvalue weighted by molar-refractivity contribution is 5.69. The molecule has 0 aromatic heterocycles. The first-order valence-electron chi connectivity index (χ1n) is 4.81. The summed E-state index contributed by atoms with van der Waals surface area (Å²) in [5.41, 5.74) is 3.21. The summed E-state index contributed by atoms with van der Waals surface area (Å²) in [6.07, 6.45) is 0.397. The van der Waals surface area contributed by atoms with Gasteiger partial charge < -0.3 is 9.47 Å². The number of likely N-dealkylation sites (N-methyl/N-ethyl adjacent to an activating group) is 1. The van der Waals surface area contributed by atoms with Crippen molar-refractivity contribution >= 4 is 5.97 Å². The Hall–Kier alpha value is -0.650. The minimum atomic E-state index is -0.180. The fourth-order valence-electron chi connectivity index (χ4n) is 1.65. The number of nitrogens with zero attached hydrogens (tertiary/aromatic N) is 1. The predicted molar refractivity (Wildman–Crippen MR) is 51.4 cm³/mol. The van der Waals surface area contributed by atoms with Crippen LogP contribution in [-0.2, 0) is 14.3 Å². The third-order valence-corrected chi connectivity index (χ3v) is 2.96. The summed E-state index contributed by atoms with van der Waals surface area (Å²) < 4.78 is 10.7. The average molecular weight is 203 g/mol. The zero-order valence-electron chi connectivity index (χ0n) is 9.08. The average Bonchev–Trinajstić information content (AvgIpc) is 2.21. The Morgan fingerprint density at radius 3 is 3.00 bits per heavy atom. The fraction of sp³-hybridized carbons (Fsp3) is 0.889. The van der Waals surface area contributed by atoms with Crippen LogP contribution < -0.4 is 5.43 Å². The molecule has 1 saturated heterocycles. The van der Waals surface area contributed by atoms with Gasteiger partial charge in [0.2, 0.25) is 0 Å². The van der Waals surface area contributed by atoms with Crippen LogP contribution in [0.1, 0.15) is 6.42 Å². The van der Waals surface area contributed by atoms with Crippen LogP contribution in [0.4, 0.5) is 0 Å². The lowest BCUT2D eigenvalue weighted by Gasteiger charge is -2.42. The summed E-state index contributed by atoms with van der Waals surface area (Å²) in [7, 11) is 5.38. The molecule has 1 aliphatic rings. The van der Waals surface area contributed by atoms with Gasteiger partial charge in [0.15, 0.2) is 0 Å². The highest BCUT2D eigenvalue weighted by atomic mass is 16.5. The molecule has 0 amide bonds. The third kappa shape index (κ3) is 2.43. The molecule has 1 aliphatic heterocycles. The van der Waals surface area contributed by atoms with E-state index >= 15 is 0 Å². The van der Waals surface area contributed by atoms with Gasteiger partial charge in [-0.15, -0.1) is 0 Å². The summed E-state index contributed by atoms with van der Waals surface area (Å²) >= 11 is 0. The molecular formula is C9H19N2O3+. The SMILES string of the molecule is CN[N+]1(C)CCOCC1CC(=O)OC. The van der Waals surface area contributed by atoms with E-state index < -0.39 is 0 Å². The maximum absolute atomic E-state index is 11.2. The second-order valence-electron chi connectivity index (χ2n) is 3.72. The van der Waals surface area contributed by atoms with E-state index in [2.05, 4.69) is 17.2 Å². The van der Waals surface area contributed by atoms with E-state index in [1.54, 1.807) is 0 Å². The van der Waals surface area contributed by atoms with Crippen molar-refractivity contribution in [2.24, 2.45) is 0 Å². The lowest BCUT2D eigenvalue weighted by molar-refractivity contribution is -0.978. The number of carbonyl (C=O) groups excluding carboxylic acids is 1. The van der Waals surface area contributed by atoms with Crippen molar-refractivity contribution in [3.05, 3.63) is 0 Å². The normalized spacial score (nSPS) is 32.6. The molecule has 1 N–H and O–H groups in total. The molecule has 1 heterocycles. The number of esters is 1. The molecule has 0 radical (unpaired) electrons. The molecule has 2 atom stereocenters. The summed E-state index contributed by atoms with van der Waals surface area (Å²) in [6.45, 7) is 2.21. The van der Waals surface area contributed by atoms with Crippen molar-refractivity contribution in [2.45, 2.75) is 12.5 Å². The fourth-order valence-corrected chi connectivity index (χ4v) is 1.65. The first-order chi connectivity index (χ1) is 6.62. The van der Waals surface area contributed by atoms with Gasteiger partial charge in [0, 0.05) is 7.05 Å². The number of ether oxygens (including phenoxy) is 2. The van der Waals surface area contributed by atoms with Gasteiger partial charge in [0.25, 0.3) is 0 Å². The number of hydrogen-bond donors (Lipinski definition) is 1. The second-order valence-corrected chi connectivity index (χ2v) is 3.72. The third-order valence-electron chi connectivity index (χ3n) is 2.96. The van der Waals surface area contributed by atoms with E-state index in [4.69, 9.17) is 4.74 Å². The Balaban J connectivity index is 2.59. The predicted octanol–water partition coefficient (Wildman–Crippen LogP) is -0.471. The van der Waals surface area contributed by atoms with Crippen molar-refractivity contribution in [3.8, 4) is 0 Å². The number of nitrogens with one attached hydrogen (secondary N) is 1. The summed E-state index contributed by atoms with van der Waals surface area (Å²) in [5.74, 6) is -0.180. The second kappa shape index (κ2) is 4.72. The van der Waals surface area contributed by atoms with Crippen LogP contribution in [0.5, 0.6) is 0 Å². The van der Waals surface area contributed by atoms with Crippen molar-refractivity contribution < 1.29 is 18.9 Å². The number of quaternary nitrogens is 1. The van der Waals surface area contributed by atoms with Gasteiger partial charge >= 0.3 is 5.97 Å². The Kier molecular flexibility index (Phi) is 3.86. The Morgan fingerprint density at radius 2 is 2.43 bits per heavy atom. The number of rotatable bonds is 3. The molecule has 82 valence electrons. The smallest absolute Gasteiger partial charge is 0.311 e. The van der Waals surface area contributed by atoms with Gasteiger partial charge in [0.05, 0.1) is 20.8 Å². The molecule has 1 rings (SSSR count). The summed E-state index contributed by atoms with van der Waals surface area (Å²) in [6, 6.07) is 0.140. The molecule has 1 fully saturated rings. The molecule has 14 heavy (non-hydrogen) atoms. The highest BCUT2D eigenvalue weighted by Gasteiger charge is 2.37. The molecular weight excluding hydrogens is 184 g/mol. The van der Waals surface area contributed by atoms with E-state index in [1.807, 2.05) is 7.05 Å². The molecule has 5 heteroatoms. The monoisotopic (exact) mass is 203 g/mol. The van der Waals surface area contributed by atoms with E-state index in [-0.39, 0.29) is 12.0 Å². The summed E-state index contributed by atoms with van der Waals surface area (Å²) in [5, 5.41) is 0. The van der Waals surface area contributed by atoms with Crippen LogP contribution in [-0.4, -0.2) is 57.6 Å². The first-order valence-corrected chi connectivity index (χ1v) is 4.81. The molecule has 0 saturated carbocycles. The van der Waals surface area contributed by atoms with Crippen molar-refractivity contribution in [3.63, 3.8) is 0 Å². The largest absolute Gasteiger partial charge is 0.469 e. The van der Waals surface area contributed by atoms with Crippen LogP contribution in [0.25, 0.3) is 0 Å². The van der Waals surface area contributed by atoms with E-state index in [1.165, 1.54) is 7.11 Å². The lowest BCUT2D eigenvalue weighted by atomic mass is 10.1. The molecule has 2 unspecified atom stereocenters. The van der Waals surface area contributed by atoms with Gasteiger partial charge in [-0.3, -0.25) is 4.79 Å². The maximum atomic E-state index is 11.2. The van der Waals surface area contributed by atoms with Gasteiger partial charge in [-0.1, -0.05) is 0 Å². The standard InChI is InChI=1S/C9H19N2O3/c1-10-11(2)4-5-14-7-8(11)6-9(12)13-3/h8,10H,4-7H2,1-3H3/q+1. The Labute approximate surface area is 84.5 Å². The lowest BCUT2D eigenvalue weighted by Crippen LogP contribution is -2.65. The van der Waals surface area contributed by atoms with Crippen LogP contribution in [0, 0.1) is 0 Å². The molecule has 5 nitrogen and oxygen atoms in total. The van der Waals surface area contributed by atoms with Gasteiger partial charge in [0.1, 0.15) is 25.6 Å². The molecule has 0 spiro atoms. The molecule has 0 aliphatic carbocycles. The van der Waals surface area contributed by atoms with E-state index in [0.29, 0.717) is 17.6 Å². The number of hydrogen-bond acceptors (Lipinski definition) is 4. The molecule has 0 bridgehead atoms. The van der Waals surface area contributed by atoms with Crippen LogP contribution in [0.2, 0.25) is 0 Å². The topological polar surface area (TPSA) is 47.6 Å². The highest BCUT2D eigenvalue weighted by Crippen LogP contribution is 2.15. The van der Waals surface area contributed by atoms with E-state index in [0.717, 1.165) is 13.2 Å². The molecule has 0 aromatic rings. The first kappa shape index (κ1) is 11.4. The quantitative estimate of drug-likeness (QED) is 0.497.